The Hall–Kier alpha value is -2.64. The summed E-state index contributed by atoms with van der Waals surface area (Å²) >= 11 is 0. The molecular formula is C21H29N3O4. The maximum Gasteiger partial charge on any atom is 0.412 e. The SMILES string of the molecule is COC(=O)Nc1cc(-c2ccc(OCC(C)(N)CC(C)C)c(CO)c2)ccn1. The Morgan fingerprint density at radius 3 is 2.64 bits per heavy atom. The smallest absolute Gasteiger partial charge is 0.412 e. The largest absolute Gasteiger partial charge is 0.491 e. The summed E-state index contributed by atoms with van der Waals surface area (Å²) in [5.74, 6) is 1.45. The minimum Gasteiger partial charge on any atom is -0.491 e. The first kappa shape index (κ1) is 21.7. The van der Waals surface area contributed by atoms with Gasteiger partial charge in [-0.15, -0.1) is 0 Å². The van der Waals surface area contributed by atoms with Gasteiger partial charge in [0.1, 0.15) is 18.2 Å². The number of nitrogens with one attached hydrogen (secondary N) is 1. The van der Waals surface area contributed by atoms with Crippen molar-refractivity contribution in [1.82, 2.24) is 4.98 Å². The lowest BCUT2D eigenvalue weighted by Crippen LogP contribution is -2.43. The summed E-state index contributed by atoms with van der Waals surface area (Å²) in [6.45, 7) is 6.41. The molecule has 0 saturated heterocycles. The van der Waals surface area contributed by atoms with Gasteiger partial charge >= 0.3 is 6.09 Å². The Labute approximate surface area is 165 Å². The number of nitrogens with two attached hydrogens (primary N) is 1. The van der Waals surface area contributed by atoms with E-state index in [1.54, 1.807) is 12.3 Å². The zero-order valence-electron chi connectivity index (χ0n) is 16.9. The summed E-state index contributed by atoms with van der Waals surface area (Å²) in [7, 11) is 1.29. The standard InChI is InChI=1S/C21H29N3O4/c1-14(2)11-21(3,22)13-28-18-6-5-15(9-17(18)12-25)16-7-8-23-19(10-16)24-20(26)27-4/h5-10,14,25H,11-13,22H2,1-4H3,(H,23,24,26). The number of aliphatic hydroxyl groups is 1. The van der Waals surface area contributed by atoms with E-state index in [9.17, 15) is 9.90 Å². The number of ether oxygens (including phenoxy) is 2. The van der Waals surface area contributed by atoms with Crippen LogP contribution in [0, 0.1) is 5.92 Å². The highest BCUT2D eigenvalue weighted by Crippen LogP contribution is 2.28. The molecule has 1 heterocycles. The molecule has 0 radical (unpaired) electrons. The minimum absolute atomic E-state index is 0.160. The van der Waals surface area contributed by atoms with Gasteiger partial charge in [0, 0.05) is 17.3 Å². The molecule has 28 heavy (non-hydrogen) atoms. The summed E-state index contributed by atoms with van der Waals surface area (Å²) in [6.07, 6.45) is 1.85. The van der Waals surface area contributed by atoms with Crippen LogP contribution in [-0.4, -0.2) is 35.4 Å². The lowest BCUT2D eigenvalue weighted by atomic mass is 9.93. The number of hydrogen-bond acceptors (Lipinski definition) is 6. The molecule has 0 saturated carbocycles. The molecule has 1 amide bonds. The minimum atomic E-state index is -0.587. The highest BCUT2D eigenvalue weighted by Gasteiger charge is 2.21. The fourth-order valence-electron chi connectivity index (χ4n) is 3.09. The van der Waals surface area contributed by atoms with Crippen molar-refractivity contribution in [2.45, 2.75) is 39.3 Å². The topological polar surface area (TPSA) is 107 Å². The van der Waals surface area contributed by atoms with E-state index in [0.29, 0.717) is 29.7 Å². The van der Waals surface area contributed by atoms with Crippen LogP contribution >= 0.6 is 0 Å². The summed E-state index contributed by atoms with van der Waals surface area (Å²) in [6, 6.07) is 9.11. The molecule has 7 nitrogen and oxygen atoms in total. The van der Waals surface area contributed by atoms with Crippen molar-refractivity contribution < 1.29 is 19.4 Å². The second-order valence-electron chi connectivity index (χ2n) is 7.57. The number of hydrogen-bond donors (Lipinski definition) is 3. The number of carbonyl (C=O) groups excluding carboxylic acids is 1. The van der Waals surface area contributed by atoms with Crippen LogP contribution in [-0.2, 0) is 11.3 Å². The number of nitrogens with zero attached hydrogens (tertiary/aromatic N) is 1. The summed E-state index contributed by atoms with van der Waals surface area (Å²) in [5, 5.41) is 12.3. The second kappa shape index (κ2) is 9.52. The van der Waals surface area contributed by atoms with E-state index < -0.39 is 11.6 Å². The number of aromatic nitrogens is 1. The molecule has 4 N–H and O–H groups in total. The van der Waals surface area contributed by atoms with Crippen molar-refractivity contribution in [2.24, 2.45) is 11.7 Å². The maximum absolute atomic E-state index is 11.4. The molecule has 1 unspecified atom stereocenters. The number of rotatable bonds is 8. The van der Waals surface area contributed by atoms with Crippen molar-refractivity contribution in [2.75, 3.05) is 19.0 Å². The molecule has 0 aliphatic heterocycles. The monoisotopic (exact) mass is 387 g/mol. The first-order valence-corrected chi connectivity index (χ1v) is 9.21. The molecule has 0 aliphatic carbocycles. The molecule has 2 aromatic rings. The molecule has 0 spiro atoms. The highest BCUT2D eigenvalue weighted by atomic mass is 16.5. The van der Waals surface area contributed by atoms with Crippen LogP contribution in [0.4, 0.5) is 10.6 Å². The quantitative estimate of drug-likeness (QED) is 0.639. The normalized spacial score (nSPS) is 13.1. The van der Waals surface area contributed by atoms with Gasteiger partial charge in [0.2, 0.25) is 0 Å². The zero-order chi connectivity index (χ0) is 20.7. The van der Waals surface area contributed by atoms with E-state index in [4.69, 9.17) is 10.5 Å². The first-order chi connectivity index (χ1) is 13.2. The Morgan fingerprint density at radius 1 is 1.29 bits per heavy atom. The van der Waals surface area contributed by atoms with Crippen LogP contribution in [0.25, 0.3) is 11.1 Å². The average Bonchev–Trinajstić information content (AvgIpc) is 2.65. The molecule has 2 rings (SSSR count). The van der Waals surface area contributed by atoms with E-state index >= 15 is 0 Å². The predicted octanol–water partition coefficient (Wildman–Crippen LogP) is 3.56. The summed E-state index contributed by atoms with van der Waals surface area (Å²) in [4.78, 5) is 15.5. The number of benzene rings is 1. The number of aliphatic hydroxyl groups excluding tert-OH is 1. The third-order valence-corrected chi connectivity index (χ3v) is 4.17. The summed E-state index contributed by atoms with van der Waals surface area (Å²) < 4.78 is 10.5. The van der Waals surface area contributed by atoms with Gasteiger partial charge in [-0.2, -0.15) is 0 Å². The molecule has 1 atom stereocenters. The fourth-order valence-corrected chi connectivity index (χ4v) is 3.09. The van der Waals surface area contributed by atoms with Crippen molar-refractivity contribution in [1.29, 1.82) is 0 Å². The van der Waals surface area contributed by atoms with Crippen molar-refractivity contribution >= 4 is 11.9 Å². The molecule has 0 fully saturated rings. The Morgan fingerprint density at radius 2 is 2.00 bits per heavy atom. The number of methoxy groups -OCH3 is 1. The summed E-state index contributed by atoms with van der Waals surface area (Å²) in [5.41, 5.74) is 8.23. The van der Waals surface area contributed by atoms with Crippen LogP contribution < -0.4 is 15.8 Å². The Balaban J connectivity index is 2.19. The molecular weight excluding hydrogens is 358 g/mol. The molecule has 1 aromatic heterocycles. The van der Waals surface area contributed by atoms with E-state index in [-0.39, 0.29) is 6.61 Å². The lowest BCUT2D eigenvalue weighted by molar-refractivity contribution is 0.187. The zero-order valence-corrected chi connectivity index (χ0v) is 16.9. The molecule has 7 heteroatoms. The van der Waals surface area contributed by atoms with E-state index in [2.05, 4.69) is 28.9 Å². The molecule has 1 aromatic carbocycles. The van der Waals surface area contributed by atoms with Gasteiger partial charge in [0.05, 0.1) is 13.7 Å². The van der Waals surface area contributed by atoms with Crippen LogP contribution in [0.3, 0.4) is 0 Å². The van der Waals surface area contributed by atoms with Crippen LogP contribution in [0.2, 0.25) is 0 Å². The van der Waals surface area contributed by atoms with E-state index in [1.165, 1.54) is 7.11 Å². The number of pyridine rings is 1. The van der Waals surface area contributed by atoms with Gasteiger partial charge < -0.3 is 20.3 Å². The van der Waals surface area contributed by atoms with Gasteiger partial charge in [-0.1, -0.05) is 19.9 Å². The van der Waals surface area contributed by atoms with Crippen molar-refractivity contribution in [3.63, 3.8) is 0 Å². The van der Waals surface area contributed by atoms with Crippen LogP contribution in [0.15, 0.2) is 36.5 Å². The Bertz CT molecular complexity index is 806. The third-order valence-electron chi connectivity index (χ3n) is 4.17. The Kier molecular flexibility index (Phi) is 7.37. The van der Waals surface area contributed by atoms with E-state index in [1.807, 2.05) is 31.2 Å². The van der Waals surface area contributed by atoms with E-state index in [0.717, 1.165) is 17.5 Å². The number of amides is 1. The van der Waals surface area contributed by atoms with Crippen molar-refractivity contribution in [3.8, 4) is 16.9 Å². The average molecular weight is 387 g/mol. The van der Waals surface area contributed by atoms with Gasteiger partial charge in [-0.3, -0.25) is 5.32 Å². The molecule has 0 aliphatic rings. The lowest BCUT2D eigenvalue weighted by Gasteiger charge is -2.27. The number of anilines is 1. The fraction of sp³-hybridized carbons (Fsp3) is 0.429. The maximum atomic E-state index is 11.4. The second-order valence-corrected chi connectivity index (χ2v) is 7.57. The van der Waals surface area contributed by atoms with Gasteiger partial charge in [-0.25, -0.2) is 9.78 Å². The molecule has 0 bridgehead atoms. The van der Waals surface area contributed by atoms with Gasteiger partial charge in [-0.05, 0) is 54.7 Å². The first-order valence-electron chi connectivity index (χ1n) is 9.21. The van der Waals surface area contributed by atoms with Crippen molar-refractivity contribution in [3.05, 3.63) is 42.1 Å². The highest BCUT2D eigenvalue weighted by molar-refractivity contribution is 5.84. The number of carbonyl (C=O) groups is 1. The van der Waals surface area contributed by atoms with Crippen LogP contribution in [0.1, 0.15) is 32.8 Å². The third kappa shape index (κ3) is 6.21. The van der Waals surface area contributed by atoms with Crippen LogP contribution in [0.5, 0.6) is 5.75 Å². The predicted molar refractivity (Wildman–Crippen MR) is 109 cm³/mol. The molecule has 152 valence electrons. The van der Waals surface area contributed by atoms with Gasteiger partial charge in [0.15, 0.2) is 0 Å². The van der Waals surface area contributed by atoms with Gasteiger partial charge in [0.25, 0.3) is 0 Å².